The van der Waals surface area contributed by atoms with Crippen molar-refractivity contribution in [3.05, 3.63) is 11.8 Å². The van der Waals surface area contributed by atoms with Crippen molar-refractivity contribution in [1.29, 1.82) is 0 Å². The molecule has 0 fully saturated rings. The van der Waals surface area contributed by atoms with E-state index in [0.29, 0.717) is 6.29 Å². The maximum atomic E-state index is 9.96. The molecule has 0 atom stereocenters. The molecule has 0 saturated heterocycles. The third-order valence-corrected chi connectivity index (χ3v) is 0.829. The lowest BCUT2D eigenvalue weighted by molar-refractivity contribution is 0.111. The van der Waals surface area contributed by atoms with E-state index in [-0.39, 0.29) is 11.6 Å². The van der Waals surface area contributed by atoms with Crippen LogP contribution in [0.3, 0.4) is 0 Å². The summed E-state index contributed by atoms with van der Waals surface area (Å²) >= 11 is 0. The highest BCUT2D eigenvalue weighted by Crippen LogP contribution is 2.08. The fraction of sp³-hybridized carbons (Fsp3) is 0.200. The van der Waals surface area contributed by atoms with Gasteiger partial charge in [-0.2, -0.15) is 0 Å². The molecule has 1 rings (SSSR count). The van der Waals surface area contributed by atoms with Gasteiger partial charge in [-0.3, -0.25) is 4.79 Å². The largest absolute Gasteiger partial charge is 0.467 e. The molecular weight excluding hydrogens is 122 g/mol. The molecule has 0 aliphatic carbocycles. The highest BCUT2D eigenvalue weighted by atomic mass is 16.6. The van der Waals surface area contributed by atoms with Gasteiger partial charge >= 0.3 is 5.95 Å². The van der Waals surface area contributed by atoms with Crippen molar-refractivity contribution in [3.8, 4) is 5.95 Å². The molecule has 0 N–H and O–H groups in total. The van der Waals surface area contributed by atoms with Gasteiger partial charge in [-0.05, 0) is 0 Å². The molecule has 48 valence electrons. The molecule has 4 heteroatoms. The van der Waals surface area contributed by atoms with Crippen LogP contribution >= 0.6 is 0 Å². The Hall–Kier alpha value is -1.32. The summed E-state index contributed by atoms with van der Waals surface area (Å²) in [5, 5.41) is 3.34. The van der Waals surface area contributed by atoms with Gasteiger partial charge in [-0.15, -0.1) is 0 Å². The van der Waals surface area contributed by atoms with Crippen molar-refractivity contribution in [3.63, 3.8) is 0 Å². The Morgan fingerprint density at radius 3 is 3.00 bits per heavy atom. The third kappa shape index (κ3) is 1.07. The van der Waals surface area contributed by atoms with Gasteiger partial charge in [0.25, 0.3) is 0 Å². The Labute approximate surface area is 51.4 Å². The van der Waals surface area contributed by atoms with E-state index in [1.165, 1.54) is 13.2 Å². The molecular formula is C5H5NO3. The molecule has 0 saturated carbocycles. The highest BCUT2D eigenvalue weighted by Gasteiger charge is 1.99. The van der Waals surface area contributed by atoms with Crippen LogP contribution in [0.4, 0.5) is 0 Å². The molecule has 0 aliphatic rings. The number of carbonyl (C=O) groups excluding carboxylic acids is 1. The lowest BCUT2D eigenvalue weighted by Gasteiger charge is -1.83. The second-order valence-electron chi connectivity index (χ2n) is 1.39. The quantitative estimate of drug-likeness (QED) is 0.542. The summed E-state index contributed by atoms with van der Waals surface area (Å²) in [5.41, 5.74) is 0.242. The van der Waals surface area contributed by atoms with Crippen LogP contribution < -0.4 is 4.74 Å². The van der Waals surface area contributed by atoms with E-state index in [2.05, 4.69) is 14.4 Å². The first-order valence-electron chi connectivity index (χ1n) is 2.32. The molecule has 1 aromatic rings. The van der Waals surface area contributed by atoms with E-state index >= 15 is 0 Å². The van der Waals surface area contributed by atoms with Gasteiger partial charge in [-0.1, -0.05) is 5.16 Å². The molecule has 0 unspecified atom stereocenters. The van der Waals surface area contributed by atoms with Crippen LogP contribution in [-0.4, -0.2) is 18.6 Å². The minimum Gasteiger partial charge on any atom is -0.467 e. The average Bonchev–Trinajstić information content (AvgIpc) is 2.34. The Morgan fingerprint density at radius 2 is 2.67 bits per heavy atom. The smallest absolute Gasteiger partial charge is 0.311 e. The molecule has 0 spiro atoms. The molecule has 0 aliphatic heterocycles. The Kier molecular flexibility index (Phi) is 1.48. The number of ether oxygens (including phenoxy) is 1. The second-order valence-corrected chi connectivity index (χ2v) is 1.39. The first kappa shape index (κ1) is 5.81. The number of aromatic nitrogens is 1. The van der Waals surface area contributed by atoms with Gasteiger partial charge in [0.05, 0.1) is 13.2 Å². The molecule has 4 nitrogen and oxygen atoms in total. The predicted octanol–water partition coefficient (Wildman–Crippen LogP) is 0.496. The first-order valence-corrected chi connectivity index (χ1v) is 2.32. The number of hydrogen-bond donors (Lipinski definition) is 0. The fourth-order valence-corrected chi connectivity index (χ4v) is 0.423. The van der Waals surface area contributed by atoms with E-state index in [0.717, 1.165) is 0 Å². The molecule has 1 heterocycles. The molecule has 0 radical (unpaired) electrons. The SMILES string of the molecule is COc1cc(C=O)no1. The molecule has 0 aromatic carbocycles. The van der Waals surface area contributed by atoms with Gasteiger partial charge in [0.15, 0.2) is 6.29 Å². The van der Waals surface area contributed by atoms with Crippen LogP contribution in [0.15, 0.2) is 10.6 Å². The van der Waals surface area contributed by atoms with Gasteiger partial charge < -0.3 is 9.26 Å². The van der Waals surface area contributed by atoms with Crippen LogP contribution in [0.25, 0.3) is 0 Å². The first-order chi connectivity index (χ1) is 4.36. The highest BCUT2D eigenvalue weighted by molar-refractivity contribution is 5.71. The van der Waals surface area contributed by atoms with Crippen LogP contribution in [0.1, 0.15) is 10.5 Å². The normalized spacial score (nSPS) is 9.00. The Bertz CT molecular complexity index is 206. The zero-order valence-corrected chi connectivity index (χ0v) is 4.83. The van der Waals surface area contributed by atoms with Crippen molar-refractivity contribution in [2.75, 3.05) is 7.11 Å². The van der Waals surface area contributed by atoms with E-state index < -0.39 is 0 Å². The van der Waals surface area contributed by atoms with E-state index in [4.69, 9.17) is 0 Å². The van der Waals surface area contributed by atoms with Crippen molar-refractivity contribution in [2.45, 2.75) is 0 Å². The van der Waals surface area contributed by atoms with Gasteiger partial charge in [0.1, 0.15) is 5.69 Å². The van der Waals surface area contributed by atoms with Crippen LogP contribution in [-0.2, 0) is 0 Å². The van der Waals surface area contributed by atoms with Gasteiger partial charge in [0, 0.05) is 0 Å². The lowest BCUT2D eigenvalue weighted by Crippen LogP contribution is -1.76. The zero-order valence-electron chi connectivity index (χ0n) is 4.83. The van der Waals surface area contributed by atoms with Crippen molar-refractivity contribution in [1.82, 2.24) is 5.16 Å². The average molecular weight is 127 g/mol. The van der Waals surface area contributed by atoms with Crippen molar-refractivity contribution in [2.24, 2.45) is 0 Å². The lowest BCUT2D eigenvalue weighted by atomic mass is 10.5. The third-order valence-electron chi connectivity index (χ3n) is 0.829. The van der Waals surface area contributed by atoms with Crippen LogP contribution in [0, 0.1) is 0 Å². The van der Waals surface area contributed by atoms with E-state index in [1.54, 1.807) is 0 Å². The molecule has 0 amide bonds. The minimum atomic E-state index is 0.242. The standard InChI is InChI=1S/C5H5NO3/c1-8-5-2-4(3-7)6-9-5/h2-3H,1H3. The topological polar surface area (TPSA) is 52.3 Å². The van der Waals surface area contributed by atoms with Crippen LogP contribution in [0.5, 0.6) is 5.95 Å². The second kappa shape index (κ2) is 2.30. The van der Waals surface area contributed by atoms with Crippen molar-refractivity contribution < 1.29 is 14.1 Å². The predicted molar refractivity (Wildman–Crippen MR) is 28.4 cm³/mol. The zero-order chi connectivity index (χ0) is 6.69. The number of methoxy groups -OCH3 is 1. The number of rotatable bonds is 2. The molecule has 0 bridgehead atoms. The maximum Gasteiger partial charge on any atom is 0.311 e. The summed E-state index contributed by atoms with van der Waals surface area (Å²) in [5.74, 6) is 0.247. The summed E-state index contributed by atoms with van der Waals surface area (Å²) in [6, 6.07) is 1.41. The summed E-state index contributed by atoms with van der Waals surface area (Å²) in [6.45, 7) is 0. The fourth-order valence-electron chi connectivity index (χ4n) is 0.423. The van der Waals surface area contributed by atoms with Crippen molar-refractivity contribution >= 4 is 6.29 Å². The monoisotopic (exact) mass is 127 g/mol. The minimum absolute atomic E-state index is 0.242. The number of carbonyl (C=O) groups is 1. The van der Waals surface area contributed by atoms with Crippen LogP contribution in [0.2, 0.25) is 0 Å². The maximum absolute atomic E-state index is 9.96. The molecule has 1 aromatic heterocycles. The van der Waals surface area contributed by atoms with Gasteiger partial charge in [-0.25, -0.2) is 0 Å². The molecule has 9 heavy (non-hydrogen) atoms. The van der Waals surface area contributed by atoms with Gasteiger partial charge in [0.2, 0.25) is 0 Å². The summed E-state index contributed by atoms with van der Waals surface area (Å²) in [7, 11) is 1.44. The number of nitrogens with zero attached hydrogens (tertiary/aromatic N) is 1. The summed E-state index contributed by atoms with van der Waals surface area (Å²) in [4.78, 5) is 9.96. The Morgan fingerprint density at radius 1 is 1.89 bits per heavy atom. The Balaban J connectivity index is 2.86. The number of aldehydes is 1. The van der Waals surface area contributed by atoms with E-state index in [1.807, 2.05) is 0 Å². The number of hydrogen-bond acceptors (Lipinski definition) is 4. The summed E-state index contributed by atoms with van der Waals surface area (Å²) in [6.07, 6.45) is 0.589. The summed E-state index contributed by atoms with van der Waals surface area (Å²) < 4.78 is 9.11. The van der Waals surface area contributed by atoms with E-state index in [9.17, 15) is 4.79 Å².